The molecule has 29 heavy (non-hydrogen) atoms. The molecule has 0 aliphatic heterocycles. The van der Waals surface area contributed by atoms with Gasteiger partial charge in [-0.05, 0) is 0 Å². The van der Waals surface area contributed by atoms with Crippen LogP contribution in [-0.4, -0.2) is 29.5 Å². The summed E-state index contributed by atoms with van der Waals surface area (Å²) in [7, 11) is 0. The molecule has 2 nitrogen and oxygen atoms in total. The van der Waals surface area contributed by atoms with Crippen molar-refractivity contribution in [2.45, 2.75) is 154 Å². The SMILES string of the molecule is CCCCCCC[CH2][Sn]([CH2]CCCCCCC)([CH2]CCCCCCC)[CH2]C(=O)O. The van der Waals surface area contributed by atoms with Gasteiger partial charge < -0.3 is 0 Å². The van der Waals surface area contributed by atoms with Crippen LogP contribution in [-0.2, 0) is 4.79 Å². The van der Waals surface area contributed by atoms with Gasteiger partial charge in [-0.3, -0.25) is 0 Å². The van der Waals surface area contributed by atoms with Gasteiger partial charge in [0.25, 0.3) is 0 Å². The second-order valence-electron chi connectivity index (χ2n) is 9.62. The molecule has 0 bridgehead atoms. The van der Waals surface area contributed by atoms with Crippen molar-refractivity contribution in [1.82, 2.24) is 0 Å². The number of aliphatic carboxylic acids is 1. The molecular weight excluding hydrogens is 463 g/mol. The molecule has 0 heterocycles. The molecule has 0 unspecified atom stereocenters. The van der Waals surface area contributed by atoms with Crippen molar-refractivity contribution in [3.8, 4) is 0 Å². The van der Waals surface area contributed by atoms with Crippen LogP contribution in [0.1, 0.15) is 136 Å². The fourth-order valence-corrected chi connectivity index (χ4v) is 18.8. The van der Waals surface area contributed by atoms with Gasteiger partial charge >= 0.3 is 188 Å². The molecule has 0 aromatic heterocycles. The van der Waals surface area contributed by atoms with E-state index in [9.17, 15) is 9.90 Å². The third kappa shape index (κ3) is 18.7. The van der Waals surface area contributed by atoms with Crippen molar-refractivity contribution in [3.05, 3.63) is 0 Å². The molecule has 0 atom stereocenters. The summed E-state index contributed by atoms with van der Waals surface area (Å²) in [5.41, 5.74) is 0. The second-order valence-corrected chi connectivity index (χ2v) is 23.5. The van der Waals surface area contributed by atoms with E-state index in [1.165, 1.54) is 129 Å². The summed E-state index contributed by atoms with van der Waals surface area (Å²) in [4.78, 5) is 11.8. The maximum atomic E-state index is 11.8. The van der Waals surface area contributed by atoms with E-state index < -0.39 is 24.3 Å². The zero-order chi connectivity index (χ0) is 21.6. The van der Waals surface area contributed by atoms with Crippen molar-refractivity contribution in [2.75, 3.05) is 0 Å². The second kappa shape index (κ2) is 21.5. The molecule has 0 saturated carbocycles. The van der Waals surface area contributed by atoms with E-state index in [4.69, 9.17) is 0 Å². The Bertz CT molecular complexity index is 316. The summed E-state index contributed by atoms with van der Waals surface area (Å²) < 4.78 is 4.64. The fourth-order valence-electron chi connectivity index (χ4n) is 4.80. The Morgan fingerprint density at radius 3 is 1.07 bits per heavy atom. The van der Waals surface area contributed by atoms with Crippen LogP contribution in [0.5, 0.6) is 0 Å². The normalized spacial score (nSPS) is 11.8. The van der Waals surface area contributed by atoms with Crippen LogP contribution in [0.4, 0.5) is 0 Å². The third-order valence-electron chi connectivity index (χ3n) is 6.71. The average Bonchev–Trinajstić information content (AvgIpc) is 2.69. The van der Waals surface area contributed by atoms with Crippen LogP contribution in [0.3, 0.4) is 0 Å². The molecule has 0 radical (unpaired) electrons. The first-order valence-corrected chi connectivity index (χ1v) is 21.4. The predicted molar refractivity (Wildman–Crippen MR) is 133 cm³/mol. The van der Waals surface area contributed by atoms with E-state index in [0.29, 0.717) is 4.44 Å². The molecule has 174 valence electrons. The van der Waals surface area contributed by atoms with Crippen molar-refractivity contribution >= 4 is 24.3 Å². The standard InChI is InChI=1S/3C8H17.C2H3O2.Sn/c3*1-3-5-7-8-6-4-2;1-2(3)4;/h3*1,3-8H2,2H3;1H2,(H,3,4);. The van der Waals surface area contributed by atoms with Crippen LogP contribution in [0.15, 0.2) is 0 Å². The number of hydrogen-bond donors (Lipinski definition) is 1. The number of rotatable bonds is 23. The Morgan fingerprint density at radius 2 is 0.793 bits per heavy atom. The first kappa shape index (κ1) is 29.3. The molecule has 0 rings (SSSR count). The van der Waals surface area contributed by atoms with Gasteiger partial charge in [-0.15, -0.1) is 0 Å². The quantitative estimate of drug-likeness (QED) is 0.108. The molecule has 0 saturated heterocycles. The molecule has 3 heteroatoms. The molecule has 0 aliphatic rings. The van der Waals surface area contributed by atoms with Crippen molar-refractivity contribution in [3.63, 3.8) is 0 Å². The summed E-state index contributed by atoms with van der Waals surface area (Å²) >= 11 is -2.55. The average molecular weight is 517 g/mol. The van der Waals surface area contributed by atoms with E-state index in [1.54, 1.807) is 0 Å². The van der Waals surface area contributed by atoms with Crippen LogP contribution in [0.25, 0.3) is 0 Å². The van der Waals surface area contributed by atoms with Crippen molar-refractivity contribution in [2.24, 2.45) is 0 Å². The summed E-state index contributed by atoms with van der Waals surface area (Å²) in [5, 5.41) is 9.72. The Hall–Kier alpha value is 0.269. The number of carbonyl (C=O) groups is 1. The molecule has 1 N–H and O–H groups in total. The topological polar surface area (TPSA) is 37.3 Å². The van der Waals surface area contributed by atoms with Crippen molar-refractivity contribution in [1.29, 1.82) is 0 Å². The maximum absolute atomic E-state index is 11.8. The fraction of sp³-hybridized carbons (Fsp3) is 0.962. The Kier molecular flexibility index (Phi) is 21.7. The van der Waals surface area contributed by atoms with E-state index in [-0.39, 0.29) is 0 Å². The van der Waals surface area contributed by atoms with Gasteiger partial charge in [0, 0.05) is 0 Å². The molecule has 0 aromatic carbocycles. The summed E-state index contributed by atoms with van der Waals surface area (Å²) in [6.07, 6.45) is 24.1. The minimum absolute atomic E-state index is 0.483. The van der Waals surface area contributed by atoms with Gasteiger partial charge in [0.2, 0.25) is 0 Å². The summed E-state index contributed by atoms with van der Waals surface area (Å²) in [6, 6.07) is 0. The van der Waals surface area contributed by atoms with Gasteiger partial charge in [-0.2, -0.15) is 0 Å². The Balaban J connectivity index is 4.59. The van der Waals surface area contributed by atoms with E-state index in [2.05, 4.69) is 20.8 Å². The first-order chi connectivity index (χ1) is 14.1. The van der Waals surface area contributed by atoms with Gasteiger partial charge in [-0.25, -0.2) is 0 Å². The Labute approximate surface area is 187 Å². The summed E-state index contributed by atoms with van der Waals surface area (Å²) in [6.45, 7) is 6.82. The third-order valence-corrected chi connectivity index (χ3v) is 21.8. The number of carboxylic acid groups (broad SMARTS) is 1. The van der Waals surface area contributed by atoms with E-state index in [0.717, 1.165) is 0 Å². The minimum atomic E-state index is -2.55. The van der Waals surface area contributed by atoms with Gasteiger partial charge in [0.15, 0.2) is 0 Å². The number of carboxylic acids is 1. The molecule has 0 aromatic rings. The Morgan fingerprint density at radius 1 is 0.517 bits per heavy atom. The molecule has 0 aliphatic carbocycles. The molecule has 0 amide bonds. The van der Waals surface area contributed by atoms with Crippen LogP contribution in [0.2, 0.25) is 17.7 Å². The monoisotopic (exact) mass is 518 g/mol. The van der Waals surface area contributed by atoms with Crippen LogP contribution in [0, 0.1) is 0 Å². The van der Waals surface area contributed by atoms with Gasteiger partial charge in [0.1, 0.15) is 0 Å². The van der Waals surface area contributed by atoms with Gasteiger partial charge in [0.05, 0.1) is 0 Å². The van der Waals surface area contributed by atoms with E-state index >= 15 is 0 Å². The van der Waals surface area contributed by atoms with Gasteiger partial charge in [-0.1, -0.05) is 0 Å². The zero-order valence-electron chi connectivity index (χ0n) is 20.4. The first-order valence-electron chi connectivity index (χ1n) is 13.3. The van der Waals surface area contributed by atoms with Crippen LogP contribution < -0.4 is 0 Å². The zero-order valence-corrected chi connectivity index (χ0v) is 23.3. The molecule has 0 fully saturated rings. The summed E-state index contributed by atoms with van der Waals surface area (Å²) in [5.74, 6) is -0.483. The molecular formula is C26H54O2Sn. The van der Waals surface area contributed by atoms with Crippen LogP contribution >= 0.6 is 0 Å². The number of hydrogen-bond acceptors (Lipinski definition) is 1. The van der Waals surface area contributed by atoms with Crippen molar-refractivity contribution < 1.29 is 9.90 Å². The molecule has 0 spiro atoms. The van der Waals surface area contributed by atoms with E-state index in [1.807, 2.05) is 0 Å². The predicted octanol–water partition coefficient (Wildman–Crippen LogP) is 9.60. The number of unbranched alkanes of at least 4 members (excludes halogenated alkanes) is 15.